The molecule has 1 aromatic heterocycles. The number of carbonyl (C=O) groups excluding carboxylic acids is 1. The van der Waals surface area contributed by atoms with E-state index in [2.05, 4.69) is 21.9 Å². The number of hydrogen-bond donors (Lipinski definition) is 3. The lowest BCUT2D eigenvalue weighted by Crippen LogP contribution is -2.44. The molecule has 230 valence electrons. The van der Waals surface area contributed by atoms with Crippen LogP contribution >= 0.6 is 0 Å². The van der Waals surface area contributed by atoms with Gasteiger partial charge in [0.05, 0.1) is 11.3 Å². The Kier molecular flexibility index (Phi) is 10.9. The van der Waals surface area contributed by atoms with Crippen molar-refractivity contribution in [2.45, 2.75) is 18.9 Å². The molecule has 18 heteroatoms. The van der Waals surface area contributed by atoms with E-state index < -0.39 is 36.0 Å². The summed E-state index contributed by atoms with van der Waals surface area (Å²) >= 11 is 0. The number of carboxylic acids is 2. The number of nitrogens with two attached hydrogens (primary N) is 1. The van der Waals surface area contributed by atoms with Crippen molar-refractivity contribution in [2.75, 3.05) is 33.2 Å². The first-order chi connectivity index (χ1) is 19.3. The molecule has 0 atom stereocenters. The number of halogens is 8. The van der Waals surface area contributed by atoms with Gasteiger partial charge in [-0.15, -0.1) is 0 Å². The fraction of sp³-hybridized carbons (Fsp3) is 0.333. The molecule has 2 aromatic carbocycles. The van der Waals surface area contributed by atoms with E-state index in [0.717, 1.165) is 32.2 Å². The summed E-state index contributed by atoms with van der Waals surface area (Å²) in [6, 6.07) is 7.23. The van der Waals surface area contributed by atoms with Gasteiger partial charge in [-0.05, 0) is 31.3 Å². The highest BCUT2D eigenvalue weighted by Gasteiger charge is 2.38. The minimum atomic E-state index is -5.08. The number of carbonyl (C=O) groups is 3. The third-order valence-electron chi connectivity index (χ3n) is 5.61. The quantitative estimate of drug-likeness (QED) is 0.380. The maximum atomic E-state index is 14.7. The number of hydrogen-bond acceptors (Lipinski definition) is 6. The highest BCUT2D eigenvalue weighted by atomic mass is 19.4. The molecule has 1 aliphatic heterocycles. The molecular formula is C24H23F8N5O5. The molecule has 0 saturated carbocycles. The van der Waals surface area contributed by atoms with Crippen molar-refractivity contribution in [1.29, 1.82) is 0 Å². The molecule has 1 amide bonds. The van der Waals surface area contributed by atoms with Crippen molar-refractivity contribution in [1.82, 2.24) is 19.6 Å². The van der Waals surface area contributed by atoms with Crippen LogP contribution in [0.5, 0.6) is 0 Å². The topological polar surface area (TPSA) is 142 Å². The third kappa shape index (κ3) is 9.65. The Hall–Kier alpha value is -4.32. The van der Waals surface area contributed by atoms with Crippen LogP contribution in [0.2, 0.25) is 0 Å². The van der Waals surface area contributed by atoms with Crippen LogP contribution in [0, 0.1) is 11.6 Å². The summed E-state index contributed by atoms with van der Waals surface area (Å²) in [5.41, 5.74) is 6.72. The minimum Gasteiger partial charge on any atom is -0.475 e. The third-order valence-corrected chi connectivity index (χ3v) is 5.61. The van der Waals surface area contributed by atoms with Crippen LogP contribution in [0.3, 0.4) is 0 Å². The van der Waals surface area contributed by atoms with Crippen molar-refractivity contribution < 1.29 is 59.7 Å². The number of aliphatic carboxylic acids is 2. The van der Waals surface area contributed by atoms with Gasteiger partial charge in [0.15, 0.2) is 0 Å². The predicted molar refractivity (Wildman–Crippen MR) is 130 cm³/mol. The van der Waals surface area contributed by atoms with Gasteiger partial charge >= 0.3 is 24.3 Å². The lowest BCUT2D eigenvalue weighted by atomic mass is 10.1. The van der Waals surface area contributed by atoms with Gasteiger partial charge in [-0.1, -0.05) is 6.07 Å². The van der Waals surface area contributed by atoms with Crippen LogP contribution in [0.25, 0.3) is 16.6 Å². The van der Waals surface area contributed by atoms with E-state index >= 15 is 0 Å². The van der Waals surface area contributed by atoms with E-state index in [0.29, 0.717) is 23.2 Å². The summed E-state index contributed by atoms with van der Waals surface area (Å²) in [5, 5.41) is 19.0. The molecule has 3 aromatic rings. The zero-order valence-electron chi connectivity index (χ0n) is 21.5. The fourth-order valence-electron chi connectivity index (χ4n) is 3.47. The Labute approximate surface area is 231 Å². The van der Waals surface area contributed by atoms with Crippen LogP contribution in [-0.2, 0) is 16.1 Å². The molecule has 1 saturated heterocycles. The molecule has 4 rings (SSSR count). The van der Waals surface area contributed by atoms with Crippen molar-refractivity contribution in [3.05, 3.63) is 59.3 Å². The smallest absolute Gasteiger partial charge is 0.475 e. The molecule has 0 radical (unpaired) electrons. The maximum absolute atomic E-state index is 14.7. The molecule has 4 N–H and O–H groups in total. The van der Waals surface area contributed by atoms with Crippen LogP contribution in [-0.4, -0.2) is 93.2 Å². The van der Waals surface area contributed by atoms with Gasteiger partial charge < -0.3 is 20.8 Å². The Morgan fingerprint density at radius 3 is 1.88 bits per heavy atom. The average molecular weight is 613 g/mol. The molecule has 0 spiro atoms. The summed E-state index contributed by atoms with van der Waals surface area (Å²) in [5.74, 6) is -7.17. The van der Waals surface area contributed by atoms with E-state index in [9.17, 15) is 39.9 Å². The average Bonchev–Trinajstić information content (AvgIpc) is 3.29. The minimum absolute atomic E-state index is 0.000841. The second kappa shape index (κ2) is 13.6. The number of amides is 1. The first-order valence-corrected chi connectivity index (χ1v) is 11.6. The number of alkyl halides is 6. The van der Waals surface area contributed by atoms with E-state index in [1.165, 1.54) is 16.8 Å². The van der Waals surface area contributed by atoms with Gasteiger partial charge in [-0.2, -0.15) is 31.4 Å². The Balaban J connectivity index is 0.000000367. The molecule has 2 heterocycles. The number of fused-ring (bicyclic) bond motifs is 1. The van der Waals surface area contributed by atoms with Crippen molar-refractivity contribution in [3.8, 4) is 5.69 Å². The summed E-state index contributed by atoms with van der Waals surface area (Å²) in [4.78, 5) is 33.8. The molecule has 0 aliphatic carbocycles. The SMILES string of the molecule is CN1CCN(Cc2ccc(-n3cc4cc(F)cc(C(N)=O)c4n3)cc2F)CC1.O=C(O)C(F)(F)F.O=C(O)C(F)(F)F. The zero-order valence-corrected chi connectivity index (χ0v) is 21.5. The molecule has 0 bridgehead atoms. The number of rotatable bonds is 4. The molecule has 0 unspecified atom stereocenters. The van der Waals surface area contributed by atoms with Crippen LogP contribution in [0.1, 0.15) is 15.9 Å². The Bertz CT molecular complexity index is 1410. The number of likely N-dealkylation sites (N-methyl/N-ethyl adjacent to an activating group) is 1. The van der Waals surface area contributed by atoms with Gasteiger partial charge in [0.1, 0.15) is 17.2 Å². The summed E-state index contributed by atoms with van der Waals surface area (Å²) in [7, 11) is 2.08. The number of carboxylic acid groups (broad SMARTS) is 2. The van der Waals surface area contributed by atoms with Crippen molar-refractivity contribution >= 4 is 28.7 Å². The lowest BCUT2D eigenvalue weighted by molar-refractivity contribution is -0.193. The normalized spacial score (nSPS) is 14.4. The first kappa shape index (κ1) is 33.9. The number of aromatic nitrogens is 2. The van der Waals surface area contributed by atoms with Gasteiger partial charge in [0, 0.05) is 49.9 Å². The standard InChI is InChI=1S/C20H21F2N5O.2C2HF3O2/c1-25-4-6-26(7-5-25)11-13-2-3-16(10-18(13)22)27-12-14-8-15(21)9-17(20(23)28)19(14)24-27;2*3-2(4,5)1(6)7/h2-3,8-10,12H,4-7,11H2,1H3,(H2,23,28);2*(H,6,7). The molecule has 1 fully saturated rings. The highest BCUT2D eigenvalue weighted by molar-refractivity contribution is 6.04. The summed E-state index contributed by atoms with van der Waals surface area (Å²) in [6.45, 7) is 4.31. The van der Waals surface area contributed by atoms with Crippen LogP contribution < -0.4 is 5.73 Å². The maximum Gasteiger partial charge on any atom is 0.490 e. The Morgan fingerprint density at radius 1 is 0.905 bits per heavy atom. The van der Waals surface area contributed by atoms with E-state index in [-0.39, 0.29) is 16.9 Å². The van der Waals surface area contributed by atoms with Crippen molar-refractivity contribution in [3.63, 3.8) is 0 Å². The van der Waals surface area contributed by atoms with Crippen LogP contribution in [0.15, 0.2) is 36.5 Å². The van der Waals surface area contributed by atoms with Gasteiger partial charge in [-0.3, -0.25) is 9.69 Å². The fourth-order valence-corrected chi connectivity index (χ4v) is 3.47. The number of benzene rings is 2. The second-order valence-electron chi connectivity index (χ2n) is 8.79. The summed E-state index contributed by atoms with van der Waals surface area (Å²) in [6.07, 6.45) is -8.61. The second-order valence-corrected chi connectivity index (χ2v) is 8.79. The molecule has 42 heavy (non-hydrogen) atoms. The highest BCUT2D eigenvalue weighted by Crippen LogP contribution is 2.23. The number of piperazine rings is 1. The largest absolute Gasteiger partial charge is 0.490 e. The van der Waals surface area contributed by atoms with E-state index in [4.69, 9.17) is 25.5 Å². The monoisotopic (exact) mass is 613 g/mol. The Morgan fingerprint density at radius 2 is 1.43 bits per heavy atom. The predicted octanol–water partition coefficient (Wildman–Crippen LogP) is 3.42. The molecule has 10 nitrogen and oxygen atoms in total. The van der Waals surface area contributed by atoms with Gasteiger partial charge in [-0.25, -0.2) is 23.1 Å². The van der Waals surface area contributed by atoms with Gasteiger partial charge in [0.2, 0.25) is 0 Å². The van der Waals surface area contributed by atoms with Gasteiger partial charge in [0.25, 0.3) is 5.91 Å². The lowest BCUT2D eigenvalue weighted by Gasteiger charge is -2.32. The first-order valence-electron chi connectivity index (χ1n) is 11.6. The van der Waals surface area contributed by atoms with E-state index in [1.807, 2.05) is 0 Å². The molecular weight excluding hydrogens is 590 g/mol. The summed E-state index contributed by atoms with van der Waals surface area (Å²) < 4.78 is 93.3. The molecule has 1 aliphatic rings. The number of nitrogens with zero attached hydrogens (tertiary/aromatic N) is 4. The van der Waals surface area contributed by atoms with E-state index in [1.54, 1.807) is 18.3 Å². The number of primary amides is 1. The van der Waals surface area contributed by atoms with Crippen molar-refractivity contribution in [2.24, 2.45) is 5.73 Å². The van der Waals surface area contributed by atoms with Crippen LogP contribution in [0.4, 0.5) is 35.1 Å². The zero-order chi connectivity index (χ0) is 32.0.